The Hall–Kier alpha value is -0.0900. The van der Waals surface area contributed by atoms with Crippen LogP contribution in [0.1, 0.15) is 39.5 Å². The van der Waals surface area contributed by atoms with E-state index >= 15 is 0 Å². The average Bonchev–Trinajstić information content (AvgIpc) is 1.98. The molecule has 3 nitrogen and oxygen atoms in total. The molecule has 0 rings (SSSR count). The molecule has 0 heterocycles. The minimum Gasteiger partial charge on any atom is -0.239 e. The first-order valence-corrected chi connectivity index (χ1v) is 6.15. The maximum absolute atomic E-state index is 11.1. The Kier molecular flexibility index (Phi) is 5.50. The quantitative estimate of drug-likeness (QED) is 0.600. The normalized spacial score (nSPS) is 14.6. The highest BCUT2D eigenvalue weighted by Crippen LogP contribution is 2.05. The van der Waals surface area contributed by atoms with E-state index in [4.69, 9.17) is 5.73 Å². The standard InChI is InChI=1S/C8H18NO2S/c1-3-4-5-6-7-12(10,11)8(2)9/h8-9H,3-7H2,1-2H3. The Labute approximate surface area is 75.3 Å². The van der Waals surface area contributed by atoms with Crippen LogP contribution >= 0.6 is 0 Å². The molecule has 1 N–H and O–H groups in total. The molecule has 0 saturated heterocycles. The molecule has 73 valence electrons. The number of hydrogen-bond donors (Lipinski definition) is 0. The largest absolute Gasteiger partial charge is 0.239 e. The maximum Gasteiger partial charge on any atom is 0.167 e. The highest BCUT2D eigenvalue weighted by Gasteiger charge is 2.15. The molecule has 0 saturated carbocycles. The van der Waals surface area contributed by atoms with Gasteiger partial charge in [0, 0.05) is 0 Å². The minimum atomic E-state index is -3.11. The Morgan fingerprint density at radius 2 is 1.83 bits per heavy atom. The fraction of sp³-hybridized carbons (Fsp3) is 1.00. The van der Waals surface area contributed by atoms with Gasteiger partial charge < -0.3 is 0 Å². The molecule has 4 heteroatoms. The molecule has 0 aliphatic heterocycles. The van der Waals surface area contributed by atoms with Crippen LogP contribution in [0.3, 0.4) is 0 Å². The van der Waals surface area contributed by atoms with Gasteiger partial charge in [0.25, 0.3) is 0 Å². The van der Waals surface area contributed by atoms with E-state index in [2.05, 4.69) is 6.92 Å². The van der Waals surface area contributed by atoms with Gasteiger partial charge in [0.15, 0.2) is 9.84 Å². The molecule has 0 amide bonds. The highest BCUT2D eigenvalue weighted by molar-refractivity contribution is 7.91. The molecule has 12 heavy (non-hydrogen) atoms. The van der Waals surface area contributed by atoms with Crippen molar-refractivity contribution in [2.45, 2.75) is 44.9 Å². The zero-order valence-corrected chi connectivity index (χ0v) is 8.65. The lowest BCUT2D eigenvalue weighted by Crippen LogP contribution is -2.21. The van der Waals surface area contributed by atoms with Crippen LogP contribution in [0.15, 0.2) is 0 Å². The number of hydrogen-bond acceptors (Lipinski definition) is 2. The third-order valence-electron chi connectivity index (χ3n) is 1.82. The summed E-state index contributed by atoms with van der Waals surface area (Å²) in [5.41, 5.74) is 7.07. The molecule has 0 bridgehead atoms. The summed E-state index contributed by atoms with van der Waals surface area (Å²) in [4.78, 5) is 0. The van der Waals surface area contributed by atoms with E-state index in [1.165, 1.54) is 6.92 Å². The highest BCUT2D eigenvalue weighted by atomic mass is 32.2. The van der Waals surface area contributed by atoms with Crippen molar-refractivity contribution in [3.8, 4) is 0 Å². The van der Waals surface area contributed by atoms with Gasteiger partial charge in [-0.1, -0.05) is 26.2 Å². The van der Waals surface area contributed by atoms with Gasteiger partial charge in [0.05, 0.1) is 5.75 Å². The van der Waals surface area contributed by atoms with Crippen molar-refractivity contribution in [1.29, 1.82) is 0 Å². The Morgan fingerprint density at radius 3 is 2.25 bits per heavy atom. The first-order valence-electron chi connectivity index (χ1n) is 4.43. The van der Waals surface area contributed by atoms with Gasteiger partial charge in [-0.25, -0.2) is 14.2 Å². The van der Waals surface area contributed by atoms with Crippen molar-refractivity contribution in [2.75, 3.05) is 5.75 Å². The first kappa shape index (κ1) is 11.9. The molecule has 0 aliphatic carbocycles. The summed E-state index contributed by atoms with van der Waals surface area (Å²) >= 11 is 0. The summed E-state index contributed by atoms with van der Waals surface area (Å²) in [5, 5.41) is -0.959. The van der Waals surface area contributed by atoms with Gasteiger partial charge in [-0.3, -0.25) is 0 Å². The van der Waals surface area contributed by atoms with Crippen LogP contribution < -0.4 is 5.73 Å². The van der Waals surface area contributed by atoms with E-state index in [0.29, 0.717) is 6.42 Å². The average molecular weight is 192 g/mol. The minimum absolute atomic E-state index is 0.178. The Bertz CT molecular complexity index is 197. The molecule has 0 fully saturated rings. The predicted molar refractivity (Wildman–Crippen MR) is 50.5 cm³/mol. The SMILES string of the molecule is CCCCCCS(=O)(=O)C(C)[NH]. The summed E-state index contributed by atoms with van der Waals surface area (Å²) in [5.74, 6) is 0.178. The van der Waals surface area contributed by atoms with Crippen molar-refractivity contribution in [3.63, 3.8) is 0 Å². The van der Waals surface area contributed by atoms with Crippen LogP contribution in [0.5, 0.6) is 0 Å². The zero-order chi connectivity index (χ0) is 9.61. The summed E-state index contributed by atoms with van der Waals surface area (Å²) in [7, 11) is -3.11. The third-order valence-corrected chi connectivity index (χ3v) is 3.76. The lowest BCUT2D eigenvalue weighted by atomic mass is 10.2. The number of sulfone groups is 1. The van der Waals surface area contributed by atoms with Crippen LogP contribution in [0.25, 0.3) is 0 Å². The van der Waals surface area contributed by atoms with Gasteiger partial charge in [-0.2, -0.15) is 0 Å². The molecule has 0 aliphatic rings. The topological polar surface area (TPSA) is 57.9 Å². The van der Waals surface area contributed by atoms with Crippen LogP contribution in [0.4, 0.5) is 0 Å². The van der Waals surface area contributed by atoms with Gasteiger partial charge in [-0.05, 0) is 13.3 Å². The van der Waals surface area contributed by atoms with E-state index < -0.39 is 15.2 Å². The fourth-order valence-electron chi connectivity index (χ4n) is 0.907. The number of unbranched alkanes of at least 4 members (excludes halogenated alkanes) is 3. The summed E-state index contributed by atoms with van der Waals surface area (Å²) in [6.07, 6.45) is 3.86. The van der Waals surface area contributed by atoms with E-state index in [1.54, 1.807) is 0 Å². The second-order valence-corrected chi connectivity index (χ2v) is 5.51. The molecule has 0 aromatic carbocycles. The molecule has 1 unspecified atom stereocenters. The Balaban J connectivity index is 3.63. The first-order chi connectivity index (χ1) is 5.50. The second-order valence-electron chi connectivity index (χ2n) is 3.07. The van der Waals surface area contributed by atoms with Crippen molar-refractivity contribution in [1.82, 2.24) is 5.73 Å². The van der Waals surface area contributed by atoms with Gasteiger partial charge in [0.1, 0.15) is 5.37 Å². The van der Waals surface area contributed by atoms with Gasteiger partial charge in [-0.15, -0.1) is 0 Å². The van der Waals surface area contributed by atoms with E-state index in [9.17, 15) is 8.42 Å². The van der Waals surface area contributed by atoms with Gasteiger partial charge in [0.2, 0.25) is 0 Å². The van der Waals surface area contributed by atoms with Crippen LogP contribution in [0, 0.1) is 0 Å². The monoisotopic (exact) mass is 192 g/mol. The zero-order valence-electron chi connectivity index (χ0n) is 7.84. The van der Waals surface area contributed by atoms with Crippen LogP contribution in [-0.4, -0.2) is 19.5 Å². The van der Waals surface area contributed by atoms with Crippen LogP contribution in [0.2, 0.25) is 0 Å². The smallest absolute Gasteiger partial charge is 0.167 e. The maximum atomic E-state index is 11.1. The lowest BCUT2D eigenvalue weighted by molar-refractivity contribution is 0.577. The molecule has 1 radical (unpaired) electrons. The van der Waals surface area contributed by atoms with E-state index in [-0.39, 0.29) is 5.75 Å². The number of nitrogens with one attached hydrogen (secondary N) is 1. The third kappa shape index (κ3) is 4.72. The fourth-order valence-corrected chi connectivity index (χ4v) is 1.87. The molecular formula is C8H18NO2S. The van der Waals surface area contributed by atoms with Crippen molar-refractivity contribution in [3.05, 3.63) is 0 Å². The van der Waals surface area contributed by atoms with Crippen molar-refractivity contribution >= 4 is 9.84 Å². The molecule has 0 aromatic heterocycles. The van der Waals surface area contributed by atoms with Crippen LogP contribution in [-0.2, 0) is 9.84 Å². The lowest BCUT2D eigenvalue weighted by Gasteiger charge is -2.05. The Morgan fingerprint density at radius 1 is 1.25 bits per heavy atom. The molecule has 1 atom stereocenters. The molecular weight excluding hydrogens is 174 g/mol. The van der Waals surface area contributed by atoms with Gasteiger partial charge >= 0.3 is 0 Å². The van der Waals surface area contributed by atoms with E-state index in [1.807, 2.05) is 0 Å². The summed E-state index contributed by atoms with van der Waals surface area (Å²) in [6.45, 7) is 3.50. The van der Waals surface area contributed by atoms with E-state index in [0.717, 1.165) is 19.3 Å². The number of rotatable bonds is 6. The predicted octanol–water partition coefficient (Wildman–Crippen LogP) is 1.61. The second kappa shape index (κ2) is 5.54. The van der Waals surface area contributed by atoms with Crippen molar-refractivity contribution in [2.24, 2.45) is 0 Å². The summed E-state index contributed by atoms with van der Waals surface area (Å²) in [6, 6.07) is 0. The molecule has 0 spiro atoms. The van der Waals surface area contributed by atoms with Crippen molar-refractivity contribution < 1.29 is 8.42 Å². The summed E-state index contributed by atoms with van der Waals surface area (Å²) < 4.78 is 22.2. The molecule has 0 aromatic rings.